The Morgan fingerprint density at radius 1 is 1.13 bits per heavy atom. The Labute approximate surface area is 139 Å². The number of methoxy groups -OCH3 is 1. The van der Waals surface area contributed by atoms with Crippen LogP contribution in [0.25, 0.3) is 0 Å². The number of guanidine groups is 1. The number of benzene rings is 1. The highest BCUT2D eigenvalue weighted by molar-refractivity contribution is 5.79. The standard InChI is InChI=1S/C17H29N3O3/c1-4-18-17(19-10-12-22-15-14-21-3)20(2)11-13-23-16-8-6-5-7-9-16/h5-9H,4,10-15H2,1-3H3,(H,18,19). The molecule has 0 saturated heterocycles. The molecule has 0 bridgehead atoms. The third-order valence-electron chi connectivity index (χ3n) is 3.06. The van der Waals surface area contributed by atoms with Crippen molar-refractivity contribution in [3.63, 3.8) is 0 Å². The van der Waals surface area contributed by atoms with Gasteiger partial charge in [0.2, 0.25) is 0 Å². The van der Waals surface area contributed by atoms with Crippen molar-refractivity contribution in [2.45, 2.75) is 6.92 Å². The lowest BCUT2D eigenvalue weighted by Crippen LogP contribution is -2.41. The summed E-state index contributed by atoms with van der Waals surface area (Å²) in [6.45, 7) is 6.67. The summed E-state index contributed by atoms with van der Waals surface area (Å²) in [4.78, 5) is 6.60. The van der Waals surface area contributed by atoms with Crippen LogP contribution in [0.3, 0.4) is 0 Å². The van der Waals surface area contributed by atoms with Crippen LogP contribution in [0.2, 0.25) is 0 Å². The molecule has 6 heteroatoms. The zero-order chi connectivity index (χ0) is 16.8. The van der Waals surface area contributed by atoms with Gasteiger partial charge in [-0.15, -0.1) is 0 Å². The number of ether oxygens (including phenoxy) is 3. The molecule has 0 saturated carbocycles. The van der Waals surface area contributed by atoms with Gasteiger partial charge in [-0.2, -0.15) is 0 Å². The first kappa shape index (κ1) is 19.3. The lowest BCUT2D eigenvalue weighted by atomic mass is 10.3. The molecule has 0 heterocycles. The lowest BCUT2D eigenvalue weighted by Gasteiger charge is -2.22. The number of aliphatic imine (C=N–C) groups is 1. The van der Waals surface area contributed by atoms with Crippen molar-refractivity contribution in [1.82, 2.24) is 10.2 Å². The molecule has 0 radical (unpaired) electrons. The van der Waals surface area contributed by atoms with Gasteiger partial charge in [-0.25, -0.2) is 0 Å². The van der Waals surface area contributed by atoms with Crippen molar-refractivity contribution < 1.29 is 14.2 Å². The zero-order valence-electron chi connectivity index (χ0n) is 14.5. The smallest absolute Gasteiger partial charge is 0.193 e. The van der Waals surface area contributed by atoms with Gasteiger partial charge in [-0.05, 0) is 19.1 Å². The Balaban J connectivity index is 2.30. The Bertz CT molecular complexity index is 426. The minimum atomic E-state index is 0.590. The molecule has 1 aromatic carbocycles. The van der Waals surface area contributed by atoms with E-state index in [9.17, 15) is 0 Å². The van der Waals surface area contributed by atoms with E-state index in [1.165, 1.54) is 0 Å². The van der Waals surface area contributed by atoms with Gasteiger partial charge >= 0.3 is 0 Å². The van der Waals surface area contributed by atoms with Gasteiger partial charge in [-0.1, -0.05) is 18.2 Å². The van der Waals surface area contributed by atoms with E-state index in [0.717, 1.165) is 24.8 Å². The molecule has 23 heavy (non-hydrogen) atoms. The van der Waals surface area contributed by atoms with E-state index < -0.39 is 0 Å². The highest BCUT2D eigenvalue weighted by Crippen LogP contribution is 2.07. The van der Waals surface area contributed by atoms with Crippen molar-refractivity contribution in [3.8, 4) is 5.75 Å². The van der Waals surface area contributed by atoms with Crippen molar-refractivity contribution in [2.75, 3.05) is 60.2 Å². The summed E-state index contributed by atoms with van der Waals surface area (Å²) in [7, 11) is 3.67. The van der Waals surface area contributed by atoms with Crippen LogP contribution in [0.4, 0.5) is 0 Å². The van der Waals surface area contributed by atoms with Crippen LogP contribution in [-0.4, -0.2) is 71.1 Å². The fourth-order valence-corrected chi connectivity index (χ4v) is 1.85. The second-order valence-corrected chi connectivity index (χ2v) is 4.92. The van der Waals surface area contributed by atoms with Crippen molar-refractivity contribution in [2.24, 2.45) is 4.99 Å². The van der Waals surface area contributed by atoms with Gasteiger partial charge in [0, 0.05) is 20.7 Å². The second kappa shape index (κ2) is 12.7. The fraction of sp³-hybridized carbons (Fsp3) is 0.588. The summed E-state index contributed by atoms with van der Waals surface area (Å²) in [6.07, 6.45) is 0. The van der Waals surface area contributed by atoms with Crippen LogP contribution in [0.15, 0.2) is 35.3 Å². The highest BCUT2D eigenvalue weighted by atomic mass is 16.5. The maximum atomic E-state index is 5.71. The van der Waals surface area contributed by atoms with Crippen molar-refractivity contribution in [3.05, 3.63) is 30.3 Å². The maximum Gasteiger partial charge on any atom is 0.193 e. The van der Waals surface area contributed by atoms with Crippen molar-refractivity contribution >= 4 is 5.96 Å². The molecular formula is C17H29N3O3. The third kappa shape index (κ3) is 9.05. The number of hydrogen-bond donors (Lipinski definition) is 1. The summed E-state index contributed by atoms with van der Waals surface area (Å²) in [6, 6.07) is 9.82. The normalized spacial score (nSPS) is 11.3. The largest absolute Gasteiger partial charge is 0.492 e. The van der Waals surface area contributed by atoms with Crippen LogP contribution < -0.4 is 10.1 Å². The van der Waals surface area contributed by atoms with Gasteiger partial charge in [-0.3, -0.25) is 4.99 Å². The summed E-state index contributed by atoms with van der Waals surface area (Å²) in [5, 5.41) is 3.27. The fourth-order valence-electron chi connectivity index (χ4n) is 1.85. The van der Waals surface area contributed by atoms with Crippen LogP contribution in [0, 0.1) is 0 Å². The van der Waals surface area contributed by atoms with E-state index in [1.54, 1.807) is 7.11 Å². The molecule has 1 N–H and O–H groups in total. The molecule has 1 aromatic rings. The van der Waals surface area contributed by atoms with Gasteiger partial charge in [0.1, 0.15) is 12.4 Å². The second-order valence-electron chi connectivity index (χ2n) is 4.92. The Kier molecular flexibility index (Phi) is 10.7. The molecule has 0 spiro atoms. The van der Waals surface area contributed by atoms with Crippen LogP contribution in [-0.2, 0) is 9.47 Å². The third-order valence-corrected chi connectivity index (χ3v) is 3.06. The minimum Gasteiger partial charge on any atom is -0.492 e. The molecule has 0 aromatic heterocycles. The van der Waals surface area contributed by atoms with Gasteiger partial charge in [0.15, 0.2) is 5.96 Å². The summed E-state index contributed by atoms with van der Waals surface area (Å²) >= 11 is 0. The van der Waals surface area contributed by atoms with Crippen molar-refractivity contribution in [1.29, 1.82) is 0 Å². The first-order valence-corrected chi connectivity index (χ1v) is 8.02. The molecule has 0 aliphatic rings. The molecule has 6 nitrogen and oxygen atoms in total. The highest BCUT2D eigenvalue weighted by Gasteiger charge is 2.05. The zero-order valence-corrected chi connectivity index (χ0v) is 14.5. The van der Waals surface area contributed by atoms with E-state index >= 15 is 0 Å². The van der Waals surface area contributed by atoms with E-state index in [-0.39, 0.29) is 0 Å². The van der Waals surface area contributed by atoms with E-state index in [2.05, 4.69) is 22.1 Å². The Morgan fingerprint density at radius 3 is 2.61 bits per heavy atom. The van der Waals surface area contributed by atoms with E-state index in [1.807, 2.05) is 37.4 Å². The first-order chi connectivity index (χ1) is 11.3. The number of hydrogen-bond acceptors (Lipinski definition) is 4. The molecule has 0 fully saturated rings. The average Bonchev–Trinajstić information content (AvgIpc) is 2.58. The predicted molar refractivity (Wildman–Crippen MR) is 93.2 cm³/mol. The van der Waals surface area contributed by atoms with Gasteiger partial charge in [0.25, 0.3) is 0 Å². The molecule has 0 amide bonds. The number of nitrogens with one attached hydrogen (secondary N) is 1. The molecule has 130 valence electrons. The minimum absolute atomic E-state index is 0.590. The molecule has 0 atom stereocenters. The molecule has 1 rings (SSSR count). The Hall–Kier alpha value is -1.79. The predicted octanol–water partition coefficient (Wildman–Crippen LogP) is 1.63. The van der Waals surface area contributed by atoms with E-state index in [0.29, 0.717) is 33.0 Å². The quantitative estimate of drug-likeness (QED) is 0.381. The number of nitrogens with zero attached hydrogens (tertiary/aromatic N) is 2. The number of para-hydroxylation sites is 1. The molecular weight excluding hydrogens is 294 g/mol. The monoisotopic (exact) mass is 323 g/mol. The summed E-state index contributed by atoms with van der Waals surface area (Å²) in [5.74, 6) is 1.74. The lowest BCUT2D eigenvalue weighted by molar-refractivity contribution is 0.0747. The van der Waals surface area contributed by atoms with E-state index in [4.69, 9.17) is 14.2 Å². The first-order valence-electron chi connectivity index (χ1n) is 8.02. The van der Waals surface area contributed by atoms with Gasteiger partial charge in [0.05, 0.1) is 32.9 Å². The summed E-state index contributed by atoms with van der Waals surface area (Å²) < 4.78 is 16.1. The topological polar surface area (TPSA) is 55.3 Å². The molecule has 0 aliphatic heterocycles. The SMILES string of the molecule is CCNC(=NCCOCCOC)N(C)CCOc1ccccc1. The Morgan fingerprint density at radius 2 is 1.91 bits per heavy atom. The van der Waals surface area contributed by atoms with Gasteiger partial charge < -0.3 is 24.4 Å². The average molecular weight is 323 g/mol. The van der Waals surface area contributed by atoms with Crippen LogP contribution >= 0.6 is 0 Å². The summed E-state index contributed by atoms with van der Waals surface area (Å²) in [5.41, 5.74) is 0. The van der Waals surface area contributed by atoms with Crippen LogP contribution in [0.1, 0.15) is 6.92 Å². The maximum absolute atomic E-state index is 5.71. The molecule has 0 unspecified atom stereocenters. The number of rotatable bonds is 11. The number of likely N-dealkylation sites (N-methyl/N-ethyl adjacent to an activating group) is 1. The molecule has 0 aliphatic carbocycles. The van der Waals surface area contributed by atoms with Crippen LogP contribution in [0.5, 0.6) is 5.75 Å².